The molecule has 1 aliphatic carbocycles. The van der Waals surface area contributed by atoms with Crippen LogP contribution in [0.3, 0.4) is 0 Å². The van der Waals surface area contributed by atoms with Crippen molar-refractivity contribution in [2.24, 2.45) is 5.92 Å². The van der Waals surface area contributed by atoms with Gasteiger partial charge < -0.3 is 5.11 Å². The van der Waals surface area contributed by atoms with Crippen LogP contribution in [0.5, 0.6) is 5.75 Å². The van der Waals surface area contributed by atoms with Crippen LogP contribution in [0.25, 0.3) is 10.8 Å². The van der Waals surface area contributed by atoms with Crippen molar-refractivity contribution in [2.45, 2.75) is 38.1 Å². The van der Waals surface area contributed by atoms with Crippen molar-refractivity contribution in [3.63, 3.8) is 0 Å². The molecule has 0 aromatic heterocycles. The molecule has 0 spiro atoms. The van der Waals surface area contributed by atoms with Gasteiger partial charge in [0.2, 0.25) is 0 Å². The van der Waals surface area contributed by atoms with Crippen LogP contribution in [0.2, 0.25) is 0 Å². The van der Waals surface area contributed by atoms with Crippen LogP contribution in [0.4, 0.5) is 0 Å². The number of hydrogen-bond acceptors (Lipinski definition) is 2. The van der Waals surface area contributed by atoms with Gasteiger partial charge in [-0.2, -0.15) is 0 Å². The average Bonchev–Trinajstić information content (AvgIpc) is 2.71. The molecule has 140 valence electrons. The Labute approximate surface area is 162 Å². The maximum Gasteiger partial charge on any atom is 0.121 e. The lowest BCUT2D eigenvalue weighted by Gasteiger charge is -2.34. The quantitative estimate of drug-likeness (QED) is 0.591. The number of nitrogens with zero attached hydrogens (tertiary/aromatic N) is 1. The summed E-state index contributed by atoms with van der Waals surface area (Å²) in [6.45, 7) is 1.07. The van der Waals surface area contributed by atoms with Crippen LogP contribution in [0, 0.1) is 5.92 Å². The molecule has 1 atom stereocenters. The van der Waals surface area contributed by atoms with Crippen LogP contribution >= 0.6 is 0 Å². The van der Waals surface area contributed by atoms with E-state index in [4.69, 9.17) is 0 Å². The Morgan fingerprint density at radius 3 is 2.37 bits per heavy atom. The van der Waals surface area contributed by atoms with Crippen molar-refractivity contribution >= 4 is 10.8 Å². The van der Waals surface area contributed by atoms with E-state index in [2.05, 4.69) is 66.5 Å². The number of rotatable bonds is 5. The van der Waals surface area contributed by atoms with Gasteiger partial charge in [-0.3, -0.25) is 4.90 Å². The summed E-state index contributed by atoms with van der Waals surface area (Å²) in [5.74, 6) is 1.14. The molecule has 1 N–H and O–H groups in total. The van der Waals surface area contributed by atoms with E-state index in [1.54, 1.807) is 0 Å². The minimum absolute atomic E-state index is 0.0548. The van der Waals surface area contributed by atoms with Crippen molar-refractivity contribution < 1.29 is 5.11 Å². The Kier molecular flexibility index (Phi) is 5.45. The average molecular weight is 360 g/mol. The summed E-state index contributed by atoms with van der Waals surface area (Å²) in [4.78, 5) is 2.45. The number of phenolic OH excluding ortho intramolecular Hbond substituents is 1. The van der Waals surface area contributed by atoms with Gasteiger partial charge in [0.1, 0.15) is 5.75 Å². The highest BCUT2D eigenvalue weighted by Crippen LogP contribution is 2.39. The Morgan fingerprint density at radius 1 is 0.889 bits per heavy atom. The lowest BCUT2D eigenvalue weighted by Crippen LogP contribution is -2.31. The second kappa shape index (κ2) is 8.14. The molecule has 27 heavy (non-hydrogen) atoms. The number of hydrogen-bond donors (Lipinski definition) is 1. The molecule has 2 nitrogen and oxygen atoms in total. The highest BCUT2D eigenvalue weighted by Gasteiger charge is 2.26. The molecule has 4 rings (SSSR count). The first-order valence-electron chi connectivity index (χ1n) is 10.2. The van der Waals surface area contributed by atoms with E-state index in [-0.39, 0.29) is 6.04 Å². The van der Waals surface area contributed by atoms with Crippen LogP contribution in [0.15, 0.2) is 66.7 Å². The monoisotopic (exact) mass is 359 g/mol. The molecule has 0 saturated heterocycles. The fourth-order valence-electron chi connectivity index (χ4n) is 4.73. The minimum Gasteiger partial charge on any atom is -0.508 e. The first kappa shape index (κ1) is 18.1. The van der Waals surface area contributed by atoms with Crippen molar-refractivity contribution in [2.75, 3.05) is 13.6 Å². The zero-order chi connectivity index (χ0) is 18.6. The second-order valence-corrected chi connectivity index (χ2v) is 7.98. The van der Waals surface area contributed by atoms with Gasteiger partial charge in [0.25, 0.3) is 0 Å². The van der Waals surface area contributed by atoms with E-state index >= 15 is 0 Å². The van der Waals surface area contributed by atoms with Crippen molar-refractivity contribution in [1.29, 1.82) is 0 Å². The minimum atomic E-state index is 0.0548. The summed E-state index contributed by atoms with van der Waals surface area (Å²) in [5.41, 5.74) is 2.26. The predicted octanol–water partition coefficient (Wildman–Crippen LogP) is 6.15. The molecule has 1 aliphatic rings. The van der Waals surface area contributed by atoms with Crippen LogP contribution in [-0.2, 0) is 0 Å². The van der Waals surface area contributed by atoms with E-state index in [1.165, 1.54) is 43.1 Å². The first-order chi connectivity index (χ1) is 13.2. The highest BCUT2D eigenvalue weighted by atomic mass is 16.3. The van der Waals surface area contributed by atoms with E-state index in [0.29, 0.717) is 5.75 Å². The Morgan fingerprint density at radius 2 is 1.59 bits per heavy atom. The molecule has 0 bridgehead atoms. The summed E-state index contributed by atoms with van der Waals surface area (Å²) < 4.78 is 0. The summed E-state index contributed by atoms with van der Waals surface area (Å²) in [6, 6.07) is 22.9. The van der Waals surface area contributed by atoms with Crippen molar-refractivity contribution in [3.8, 4) is 5.75 Å². The molecule has 1 unspecified atom stereocenters. The van der Waals surface area contributed by atoms with Gasteiger partial charge in [0, 0.05) is 12.1 Å². The lowest BCUT2D eigenvalue weighted by atomic mass is 9.87. The third-order valence-electron chi connectivity index (χ3n) is 6.05. The molecule has 1 fully saturated rings. The van der Waals surface area contributed by atoms with Gasteiger partial charge in [-0.1, -0.05) is 79.9 Å². The summed E-state index contributed by atoms with van der Waals surface area (Å²) in [6.07, 6.45) is 6.75. The van der Waals surface area contributed by atoms with Crippen molar-refractivity contribution in [1.82, 2.24) is 4.90 Å². The topological polar surface area (TPSA) is 23.5 Å². The molecule has 0 heterocycles. The second-order valence-electron chi connectivity index (χ2n) is 7.98. The molecule has 0 radical (unpaired) electrons. The summed E-state index contributed by atoms with van der Waals surface area (Å²) in [5, 5.41) is 13.2. The van der Waals surface area contributed by atoms with Gasteiger partial charge in [-0.05, 0) is 48.2 Å². The maximum absolute atomic E-state index is 10.9. The Hall–Kier alpha value is -2.32. The molecule has 1 saturated carbocycles. The fourth-order valence-corrected chi connectivity index (χ4v) is 4.73. The Balaban J connectivity index is 1.78. The van der Waals surface area contributed by atoms with Crippen molar-refractivity contribution in [3.05, 3.63) is 77.9 Å². The number of phenols is 1. The summed E-state index contributed by atoms with van der Waals surface area (Å²) in [7, 11) is 2.22. The Bertz CT molecular complexity index is 883. The molecular formula is C25H29NO. The van der Waals surface area contributed by atoms with Gasteiger partial charge in [-0.25, -0.2) is 0 Å². The molecule has 0 amide bonds. The van der Waals surface area contributed by atoms with Crippen LogP contribution in [-0.4, -0.2) is 23.6 Å². The number of aromatic hydroxyl groups is 1. The van der Waals surface area contributed by atoms with E-state index in [1.807, 2.05) is 12.1 Å². The molecule has 0 aliphatic heterocycles. The van der Waals surface area contributed by atoms with Crippen LogP contribution < -0.4 is 0 Å². The number of fused-ring (bicyclic) bond motifs is 1. The largest absolute Gasteiger partial charge is 0.508 e. The highest BCUT2D eigenvalue weighted by molar-refractivity contribution is 5.88. The molecule has 3 aromatic carbocycles. The molecule has 2 heteroatoms. The maximum atomic E-state index is 10.9. The van der Waals surface area contributed by atoms with Gasteiger partial charge >= 0.3 is 0 Å². The smallest absolute Gasteiger partial charge is 0.121 e. The zero-order valence-corrected chi connectivity index (χ0v) is 16.1. The van der Waals surface area contributed by atoms with E-state index in [9.17, 15) is 5.11 Å². The van der Waals surface area contributed by atoms with Crippen LogP contribution in [0.1, 0.15) is 49.3 Å². The van der Waals surface area contributed by atoms with Gasteiger partial charge in [0.05, 0.1) is 6.04 Å². The molecular weight excluding hydrogens is 330 g/mol. The van der Waals surface area contributed by atoms with E-state index in [0.717, 1.165) is 23.4 Å². The first-order valence-corrected chi connectivity index (χ1v) is 10.2. The lowest BCUT2D eigenvalue weighted by molar-refractivity contribution is 0.201. The third-order valence-corrected chi connectivity index (χ3v) is 6.05. The molecule has 3 aromatic rings. The number of benzene rings is 3. The van der Waals surface area contributed by atoms with Gasteiger partial charge in [0.15, 0.2) is 0 Å². The zero-order valence-electron chi connectivity index (χ0n) is 16.1. The summed E-state index contributed by atoms with van der Waals surface area (Å²) >= 11 is 0. The fraction of sp³-hybridized carbons (Fsp3) is 0.360. The van der Waals surface area contributed by atoms with E-state index < -0.39 is 0 Å². The standard InChI is InChI=1S/C25H29NO/c1-26(18-19-10-4-2-5-11-19)25(21-13-6-3-7-14-21)24-22-15-9-8-12-20(22)16-17-23(24)27/h3,6-9,12-17,19,25,27H,2,4-5,10-11,18H2,1H3. The van der Waals surface area contributed by atoms with Gasteiger partial charge in [-0.15, -0.1) is 0 Å². The third kappa shape index (κ3) is 3.86. The SMILES string of the molecule is CN(CC1CCCCC1)C(c1ccccc1)c1c(O)ccc2ccccc12. The normalized spacial score (nSPS) is 16.7. The predicted molar refractivity (Wildman–Crippen MR) is 113 cm³/mol.